The van der Waals surface area contributed by atoms with Crippen molar-refractivity contribution < 1.29 is 0 Å². The molecule has 0 heterocycles. The largest absolute Gasteiger partial charge is 0.168 e. The summed E-state index contributed by atoms with van der Waals surface area (Å²) in [5, 5.41) is 0. The normalized spacial score (nSPS) is 13.0. The second-order valence-corrected chi connectivity index (χ2v) is 6.38. The smallest absolute Gasteiger partial charge is 0.166 e. The van der Waals surface area contributed by atoms with E-state index in [1.807, 2.05) is 24.3 Å². The average molecular weight is 209 g/mol. The van der Waals surface area contributed by atoms with E-state index < -0.39 is 8.11 Å². The molecular weight excluding hydrogens is 196 g/mol. The lowest BCUT2D eigenvalue weighted by molar-refractivity contribution is 1.66. The molecule has 0 nitrogen and oxygen atoms in total. The maximum atomic E-state index is 6.11. The summed E-state index contributed by atoms with van der Waals surface area (Å²) in [4.78, 5) is 0. The zero-order valence-corrected chi connectivity index (χ0v) is 9.40. The Morgan fingerprint density at radius 1 is 1.31 bits per heavy atom. The first-order valence-electron chi connectivity index (χ1n) is 4.31. The van der Waals surface area contributed by atoms with Crippen LogP contribution in [0.4, 0.5) is 0 Å². The Morgan fingerprint density at radius 3 is 2.62 bits per heavy atom. The highest BCUT2D eigenvalue weighted by atomic mass is 35.6. The van der Waals surface area contributed by atoms with Gasteiger partial charge >= 0.3 is 0 Å². The number of allylic oxidation sites excluding steroid dienone is 1. The van der Waals surface area contributed by atoms with Gasteiger partial charge in [-0.15, -0.1) is 6.58 Å². The number of benzene rings is 1. The van der Waals surface area contributed by atoms with Crippen molar-refractivity contribution in [2.75, 3.05) is 0 Å². The van der Waals surface area contributed by atoms with Crippen molar-refractivity contribution in [3.63, 3.8) is 0 Å². The summed E-state index contributed by atoms with van der Waals surface area (Å²) in [5.74, 6) is 0. The van der Waals surface area contributed by atoms with E-state index in [4.69, 9.17) is 11.1 Å². The van der Waals surface area contributed by atoms with Gasteiger partial charge in [0.2, 0.25) is 0 Å². The van der Waals surface area contributed by atoms with Gasteiger partial charge in [0.1, 0.15) is 0 Å². The summed E-state index contributed by atoms with van der Waals surface area (Å²) in [6, 6.07) is 11.2. The predicted molar refractivity (Wildman–Crippen MR) is 63.5 cm³/mol. The van der Waals surface area contributed by atoms with Crippen molar-refractivity contribution in [2.24, 2.45) is 0 Å². The summed E-state index contributed by atoms with van der Waals surface area (Å²) >= 11 is 6.11. The Labute approximate surface area is 85.9 Å². The van der Waals surface area contributed by atoms with E-state index in [1.165, 1.54) is 5.56 Å². The molecule has 68 valence electrons. The second-order valence-electron chi connectivity index (χ2n) is 2.81. The fraction of sp³-hybridized carbons (Fsp3) is 0.0909. The van der Waals surface area contributed by atoms with Crippen molar-refractivity contribution in [1.82, 2.24) is 0 Å². The van der Waals surface area contributed by atoms with Crippen molar-refractivity contribution in [3.8, 4) is 0 Å². The lowest BCUT2D eigenvalue weighted by atomic mass is 10.2. The molecule has 1 aromatic rings. The number of hydrogen-bond donors (Lipinski definition) is 0. The van der Waals surface area contributed by atoms with E-state index in [0.717, 1.165) is 6.04 Å². The molecule has 2 heteroatoms. The first-order chi connectivity index (χ1) is 6.33. The van der Waals surface area contributed by atoms with Crippen molar-refractivity contribution in [2.45, 2.75) is 6.04 Å². The van der Waals surface area contributed by atoms with Gasteiger partial charge in [0, 0.05) is 0 Å². The minimum atomic E-state index is -1.20. The van der Waals surface area contributed by atoms with Gasteiger partial charge in [-0.3, -0.25) is 0 Å². The first-order valence-corrected chi connectivity index (χ1v) is 7.54. The number of rotatable bonds is 4. The maximum Gasteiger partial charge on any atom is 0.168 e. The Bertz CT molecular complexity index is 279. The Kier molecular flexibility index (Phi) is 4.58. The molecule has 1 unspecified atom stereocenters. The fourth-order valence-electron chi connectivity index (χ4n) is 1.02. The molecule has 1 rings (SSSR count). The van der Waals surface area contributed by atoms with Crippen LogP contribution in [-0.2, 0) is 0 Å². The highest BCUT2D eigenvalue weighted by Gasteiger charge is 1.97. The van der Waals surface area contributed by atoms with Crippen molar-refractivity contribution >= 4 is 25.3 Å². The third-order valence-electron chi connectivity index (χ3n) is 1.69. The molecule has 0 fully saturated rings. The quantitative estimate of drug-likeness (QED) is 0.404. The maximum absolute atomic E-state index is 6.11. The van der Waals surface area contributed by atoms with Crippen LogP contribution >= 0.6 is 11.1 Å². The van der Waals surface area contributed by atoms with Gasteiger partial charge in [0.25, 0.3) is 0 Å². The standard InChI is InChI=1S/C11H13ClSi/c1-2-9-13(12)10-8-11-6-4-3-5-7-11/h2-8,10,13H,1,9H2. The molecule has 1 aromatic carbocycles. The van der Waals surface area contributed by atoms with Gasteiger partial charge in [-0.25, -0.2) is 0 Å². The molecule has 0 aromatic heterocycles. The van der Waals surface area contributed by atoms with Crippen LogP contribution in [0.3, 0.4) is 0 Å². The summed E-state index contributed by atoms with van der Waals surface area (Å²) in [7, 11) is -1.20. The van der Waals surface area contributed by atoms with Crippen LogP contribution in [0.15, 0.2) is 48.7 Å². The zero-order valence-electron chi connectivity index (χ0n) is 7.49. The average Bonchev–Trinajstić information content (AvgIpc) is 2.17. The molecular formula is C11H13ClSi. The van der Waals surface area contributed by atoms with E-state index in [-0.39, 0.29) is 0 Å². The molecule has 0 saturated carbocycles. The van der Waals surface area contributed by atoms with Gasteiger partial charge in [0.15, 0.2) is 8.11 Å². The number of halogens is 1. The van der Waals surface area contributed by atoms with E-state index in [1.54, 1.807) is 0 Å². The molecule has 0 aliphatic rings. The summed E-state index contributed by atoms with van der Waals surface area (Å²) < 4.78 is 0. The Hall–Kier alpha value is -0.793. The predicted octanol–water partition coefficient (Wildman–Crippen LogP) is 3.39. The van der Waals surface area contributed by atoms with Crippen LogP contribution in [0.5, 0.6) is 0 Å². The van der Waals surface area contributed by atoms with Gasteiger partial charge in [0.05, 0.1) is 0 Å². The third kappa shape index (κ3) is 4.11. The first kappa shape index (κ1) is 10.3. The molecule has 13 heavy (non-hydrogen) atoms. The fourth-order valence-corrected chi connectivity index (χ4v) is 2.52. The topological polar surface area (TPSA) is 0 Å². The minimum Gasteiger partial charge on any atom is -0.166 e. The summed E-state index contributed by atoms with van der Waals surface area (Å²) in [6.07, 6.45) is 3.98. The third-order valence-corrected chi connectivity index (χ3v) is 4.05. The molecule has 0 N–H and O–H groups in total. The Morgan fingerprint density at radius 2 is 2.00 bits per heavy atom. The van der Waals surface area contributed by atoms with E-state index >= 15 is 0 Å². The molecule has 0 saturated heterocycles. The molecule has 0 spiro atoms. The Balaban J connectivity index is 2.53. The van der Waals surface area contributed by atoms with Gasteiger partial charge in [-0.2, -0.15) is 11.1 Å². The summed E-state index contributed by atoms with van der Waals surface area (Å²) in [6.45, 7) is 3.67. The lowest BCUT2D eigenvalue weighted by Gasteiger charge is -1.95. The summed E-state index contributed by atoms with van der Waals surface area (Å²) in [5.41, 5.74) is 3.34. The van der Waals surface area contributed by atoms with Crippen LogP contribution in [-0.4, -0.2) is 8.11 Å². The highest BCUT2D eigenvalue weighted by Crippen LogP contribution is 2.05. The molecule has 0 bridgehead atoms. The van der Waals surface area contributed by atoms with E-state index in [0.29, 0.717) is 0 Å². The van der Waals surface area contributed by atoms with E-state index in [2.05, 4.69) is 30.5 Å². The minimum absolute atomic E-state index is 0.949. The monoisotopic (exact) mass is 208 g/mol. The van der Waals surface area contributed by atoms with Crippen LogP contribution in [0.25, 0.3) is 6.08 Å². The highest BCUT2D eigenvalue weighted by molar-refractivity contribution is 7.10. The zero-order chi connectivity index (χ0) is 9.52. The van der Waals surface area contributed by atoms with Gasteiger partial charge in [-0.05, 0) is 11.6 Å². The molecule has 0 amide bonds. The molecule has 1 atom stereocenters. The molecule has 0 radical (unpaired) electrons. The molecule has 0 aliphatic heterocycles. The van der Waals surface area contributed by atoms with Crippen LogP contribution in [0.2, 0.25) is 6.04 Å². The van der Waals surface area contributed by atoms with Crippen LogP contribution < -0.4 is 0 Å². The molecule has 0 aliphatic carbocycles. The van der Waals surface area contributed by atoms with Crippen molar-refractivity contribution in [3.05, 3.63) is 54.2 Å². The second kappa shape index (κ2) is 5.78. The lowest BCUT2D eigenvalue weighted by Crippen LogP contribution is -1.95. The van der Waals surface area contributed by atoms with Crippen molar-refractivity contribution in [1.29, 1.82) is 0 Å². The van der Waals surface area contributed by atoms with Gasteiger partial charge in [-0.1, -0.05) is 48.2 Å². The number of hydrogen-bond acceptors (Lipinski definition) is 0. The SMILES string of the molecule is C=CC[SiH](Cl)C=Cc1ccccc1. The van der Waals surface area contributed by atoms with Gasteiger partial charge < -0.3 is 0 Å². The van der Waals surface area contributed by atoms with Crippen LogP contribution in [0.1, 0.15) is 5.56 Å². The van der Waals surface area contributed by atoms with E-state index in [9.17, 15) is 0 Å². The van der Waals surface area contributed by atoms with Crippen LogP contribution in [0, 0.1) is 0 Å².